The van der Waals surface area contributed by atoms with Gasteiger partial charge in [0.05, 0.1) is 6.61 Å². The minimum Gasteiger partial charge on any atom is -0.598 e. The van der Waals surface area contributed by atoms with Crippen LogP contribution < -0.4 is 0 Å². The second-order valence-corrected chi connectivity index (χ2v) is 5.42. The summed E-state index contributed by atoms with van der Waals surface area (Å²) in [6.07, 6.45) is 3.98. The van der Waals surface area contributed by atoms with Crippen molar-refractivity contribution >= 4 is 11.4 Å². The van der Waals surface area contributed by atoms with Crippen molar-refractivity contribution in [1.82, 2.24) is 9.21 Å². The van der Waals surface area contributed by atoms with Gasteiger partial charge in [0.2, 0.25) is 0 Å². The minimum atomic E-state index is -0.795. The van der Waals surface area contributed by atoms with Gasteiger partial charge < -0.3 is 14.2 Å². The van der Waals surface area contributed by atoms with Crippen molar-refractivity contribution in [2.45, 2.75) is 18.9 Å². The molecule has 0 aromatic rings. The van der Waals surface area contributed by atoms with E-state index in [1.54, 1.807) is 13.4 Å². The first-order valence-electron chi connectivity index (χ1n) is 5.43. The van der Waals surface area contributed by atoms with E-state index < -0.39 is 11.4 Å². The highest BCUT2D eigenvalue weighted by atomic mass is 32.2. The van der Waals surface area contributed by atoms with Crippen LogP contribution in [0, 0.1) is 0 Å². The highest BCUT2D eigenvalue weighted by Crippen LogP contribution is 2.16. The van der Waals surface area contributed by atoms with Gasteiger partial charge >= 0.3 is 0 Å². The van der Waals surface area contributed by atoms with Gasteiger partial charge in [-0.3, -0.25) is 0 Å². The largest absolute Gasteiger partial charge is 0.598 e. The van der Waals surface area contributed by atoms with E-state index in [1.165, 1.54) is 0 Å². The van der Waals surface area contributed by atoms with Crippen molar-refractivity contribution in [3.8, 4) is 0 Å². The van der Waals surface area contributed by atoms with Crippen LogP contribution in [0.5, 0.6) is 0 Å². The third-order valence-electron chi connectivity index (χ3n) is 3.06. The van der Waals surface area contributed by atoms with Crippen LogP contribution in [-0.2, 0) is 16.1 Å². The predicted molar refractivity (Wildman–Crippen MR) is 63.2 cm³/mol. The zero-order valence-corrected chi connectivity index (χ0v) is 10.8. The summed E-state index contributed by atoms with van der Waals surface area (Å²) in [7, 11) is 3.87. The standard InChI is InChI=1S/C10H22N2O2S/c1-11(8-9-14-2)10-4-6-12(7-5-10)15(3)13/h10H,4-9H2,1-3H3. The maximum Gasteiger partial charge on any atom is 0.115 e. The van der Waals surface area contributed by atoms with E-state index in [0.717, 1.165) is 39.1 Å². The Bertz CT molecular complexity index is 173. The number of rotatable bonds is 5. The molecular formula is C10H22N2O2S. The molecule has 1 unspecified atom stereocenters. The van der Waals surface area contributed by atoms with Crippen molar-refractivity contribution in [3.05, 3.63) is 0 Å². The average molecular weight is 234 g/mol. The van der Waals surface area contributed by atoms with Gasteiger partial charge in [0, 0.05) is 44.1 Å². The molecule has 1 atom stereocenters. The lowest BCUT2D eigenvalue weighted by molar-refractivity contribution is 0.115. The van der Waals surface area contributed by atoms with Crippen LogP contribution in [0.3, 0.4) is 0 Å². The maximum atomic E-state index is 11.3. The lowest BCUT2D eigenvalue weighted by Crippen LogP contribution is -2.45. The monoisotopic (exact) mass is 234 g/mol. The Labute approximate surface area is 95.9 Å². The van der Waals surface area contributed by atoms with Gasteiger partial charge in [-0.1, -0.05) is 0 Å². The van der Waals surface area contributed by atoms with Crippen LogP contribution in [0.2, 0.25) is 0 Å². The third kappa shape index (κ3) is 4.28. The van der Waals surface area contributed by atoms with E-state index in [2.05, 4.69) is 11.9 Å². The summed E-state index contributed by atoms with van der Waals surface area (Å²) in [5.41, 5.74) is 0. The van der Waals surface area contributed by atoms with E-state index in [1.807, 2.05) is 4.31 Å². The Morgan fingerprint density at radius 3 is 2.53 bits per heavy atom. The highest BCUT2D eigenvalue weighted by molar-refractivity contribution is 7.88. The Kier molecular flexibility index (Phi) is 5.92. The van der Waals surface area contributed by atoms with Crippen LogP contribution in [0.25, 0.3) is 0 Å². The van der Waals surface area contributed by atoms with Crippen molar-refractivity contribution in [2.24, 2.45) is 0 Å². The SMILES string of the molecule is COCCN(C)C1CCN([S+](C)[O-])CC1. The summed E-state index contributed by atoms with van der Waals surface area (Å²) in [6, 6.07) is 0.625. The Balaban J connectivity index is 2.24. The summed E-state index contributed by atoms with van der Waals surface area (Å²) in [5.74, 6) is 0. The van der Waals surface area contributed by atoms with Gasteiger partial charge in [-0.2, -0.15) is 0 Å². The normalized spacial score (nSPS) is 22.2. The summed E-state index contributed by atoms with van der Waals surface area (Å²) in [4.78, 5) is 2.35. The Morgan fingerprint density at radius 2 is 2.07 bits per heavy atom. The number of hydrogen-bond acceptors (Lipinski definition) is 4. The summed E-state index contributed by atoms with van der Waals surface area (Å²) in [5, 5.41) is 0. The van der Waals surface area contributed by atoms with E-state index in [4.69, 9.17) is 4.74 Å². The number of nitrogens with zero attached hydrogens (tertiary/aromatic N) is 2. The molecule has 1 rings (SSSR count). The predicted octanol–water partition coefficient (Wildman–Crippen LogP) is 0.323. The first-order chi connectivity index (χ1) is 7.15. The smallest absolute Gasteiger partial charge is 0.115 e. The fraction of sp³-hybridized carbons (Fsp3) is 1.00. The molecule has 1 aliphatic rings. The first-order valence-corrected chi connectivity index (χ1v) is 6.94. The van der Waals surface area contributed by atoms with Crippen molar-refractivity contribution in [1.29, 1.82) is 0 Å². The second kappa shape index (κ2) is 6.70. The topological polar surface area (TPSA) is 38.8 Å². The first kappa shape index (κ1) is 13.3. The van der Waals surface area contributed by atoms with E-state index in [0.29, 0.717) is 6.04 Å². The summed E-state index contributed by atoms with van der Waals surface area (Å²) >= 11 is -0.795. The molecule has 90 valence electrons. The lowest BCUT2D eigenvalue weighted by atomic mass is 10.1. The highest BCUT2D eigenvalue weighted by Gasteiger charge is 2.26. The van der Waals surface area contributed by atoms with Crippen molar-refractivity contribution in [2.75, 3.05) is 46.7 Å². The zero-order valence-electron chi connectivity index (χ0n) is 9.94. The molecule has 0 aromatic heterocycles. The number of piperidine rings is 1. The number of ether oxygens (including phenoxy) is 1. The molecule has 0 amide bonds. The lowest BCUT2D eigenvalue weighted by Gasteiger charge is -2.35. The number of likely N-dealkylation sites (N-methyl/N-ethyl adjacent to an activating group) is 1. The fourth-order valence-corrected chi connectivity index (χ4v) is 2.68. The van der Waals surface area contributed by atoms with E-state index >= 15 is 0 Å². The van der Waals surface area contributed by atoms with Gasteiger partial charge in [-0.15, -0.1) is 4.31 Å². The third-order valence-corrected chi connectivity index (χ3v) is 4.15. The summed E-state index contributed by atoms with van der Waals surface area (Å²) < 4.78 is 18.4. The Morgan fingerprint density at radius 1 is 1.47 bits per heavy atom. The molecule has 0 spiro atoms. The molecule has 15 heavy (non-hydrogen) atoms. The van der Waals surface area contributed by atoms with Crippen LogP contribution in [0.1, 0.15) is 12.8 Å². The van der Waals surface area contributed by atoms with Gasteiger partial charge in [-0.05, 0) is 19.9 Å². The molecule has 5 heteroatoms. The molecule has 1 heterocycles. The molecule has 0 aromatic carbocycles. The maximum absolute atomic E-state index is 11.3. The molecular weight excluding hydrogens is 212 g/mol. The van der Waals surface area contributed by atoms with Gasteiger partial charge in [0.1, 0.15) is 6.26 Å². The van der Waals surface area contributed by atoms with Crippen molar-refractivity contribution < 1.29 is 9.29 Å². The number of hydrogen-bond donors (Lipinski definition) is 0. The van der Waals surface area contributed by atoms with Crippen LogP contribution in [0.15, 0.2) is 0 Å². The molecule has 1 saturated heterocycles. The van der Waals surface area contributed by atoms with Gasteiger partial charge in [0.25, 0.3) is 0 Å². The Hall–Kier alpha value is 0.190. The molecule has 0 bridgehead atoms. The second-order valence-electron chi connectivity index (χ2n) is 4.06. The number of methoxy groups -OCH3 is 1. The van der Waals surface area contributed by atoms with Crippen LogP contribution in [0.4, 0.5) is 0 Å². The van der Waals surface area contributed by atoms with Crippen LogP contribution in [-0.4, -0.2) is 66.5 Å². The molecule has 0 N–H and O–H groups in total. The minimum absolute atomic E-state index is 0.625. The van der Waals surface area contributed by atoms with Gasteiger partial charge in [0.15, 0.2) is 0 Å². The van der Waals surface area contributed by atoms with Crippen molar-refractivity contribution in [3.63, 3.8) is 0 Å². The van der Waals surface area contributed by atoms with E-state index in [-0.39, 0.29) is 0 Å². The molecule has 0 saturated carbocycles. The molecule has 0 aliphatic carbocycles. The van der Waals surface area contributed by atoms with E-state index in [9.17, 15) is 4.55 Å². The fourth-order valence-electron chi connectivity index (χ4n) is 1.96. The van der Waals surface area contributed by atoms with Crippen LogP contribution >= 0.6 is 0 Å². The quantitative estimate of drug-likeness (QED) is 0.642. The molecule has 1 aliphatic heterocycles. The molecule has 4 nitrogen and oxygen atoms in total. The molecule has 1 fully saturated rings. The average Bonchev–Trinajstić information content (AvgIpc) is 2.26. The summed E-state index contributed by atoms with van der Waals surface area (Å²) in [6.45, 7) is 3.67. The van der Waals surface area contributed by atoms with Gasteiger partial charge in [-0.25, -0.2) is 0 Å². The zero-order chi connectivity index (χ0) is 11.3. The molecule has 0 radical (unpaired) electrons.